The molecule has 1 unspecified atom stereocenters. The number of benzene rings is 2. The smallest absolute Gasteiger partial charge is 0.259 e. The van der Waals surface area contributed by atoms with E-state index in [1.165, 1.54) is 11.8 Å². The predicted octanol–water partition coefficient (Wildman–Crippen LogP) is 2.58. The van der Waals surface area contributed by atoms with Gasteiger partial charge in [0.05, 0.1) is 22.9 Å². The van der Waals surface area contributed by atoms with E-state index in [0.29, 0.717) is 24.5 Å². The highest BCUT2D eigenvalue weighted by molar-refractivity contribution is 7.88. The lowest BCUT2D eigenvalue weighted by molar-refractivity contribution is 0.145. The molecule has 2 N–H and O–H groups in total. The number of hydrogen-bond acceptors (Lipinski definition) is 5. The van der Waals surface area contributed by atoms with E-state index in [0.717, 1.165) is 41.4 Å². The van der Waals surface area contributed by atoms with Gasteiger partial charge in [-0.3, -0.25) is 9.69 Å². The Balaban J connectivity index is 1.35. The Morgan fingerprint density at radius 1 is 1.00 bits per heavy atom. The highest BCUT2D eigenvalue weighted by Gasteiger charge is 2.26. The second-order valence-electron chi connectivity index (χ2n) is 8.79. The molecule has 2 aromatic carbocycles. The minimum atomic E-state index is -3.12. The number of aromatic amines is 2. The summed E-state index contributed by atoms with van der Waals surface area (Å²) in [4.78, 5) is 25.8. The van der Waals surface area contributed by atoms with Crippen LogP contribution in [0.1, 0.15) is 12.5 Å². The van der Waals surface area contributed by atoms with Gasteiger partial charge in [0.25, 0.3) is 5.56 Å². The van der Waals surface area contributed by atoms with Gasteiger partial charge in [-0.1, -0.05) is 24.3 Å². The first-order valence-electron chi connectivity index (χ1n) is 11.1. The lowest BCUT2D eigenvalue weighted by Gasteiger charge is -2.37. The van der Waals surface area contributed by atoms with Crippen LogP contribution in [0.15, 0.2) is 53.3 Å². The highest BCUT2D eigenvalue weighted by atomic mass is 32.2. The van der Waals surface area contributed by atoms with Crippen LogP contribution in [0.5, 0.6) is 0 Å². The average molecular weight is 466 g/mol. The summed E-state index contributed by atoms with van der Waals surface area (Å²) in [5, 5.41) is 0.957. The number of nitrogens with one attached hydrogen (secondary N) is 2. The summed E-state index contributed by atoms with van der Waals surface area (Å²) in [7, 11) is -3.12. The minimum absolute atomic E-state index is 0.171. The molecule has 2 aromatic heterocycles. The van der Waals surface area contributed by atoms with Gasteiger partial charge in [-0.2, -0.15) is 4.31 Å². The number of sulfonamides is 1. The topological polar surface area (TPSA) is 102 Å². The lowest BCUT2D eigenvalue weighted by Crippen LogP contribution is -2.51. The minimum Gasteiger partial charge on any atom is -0.338 e. The molecule has 5 rings (SSSR count). The number of fused-ring (bicyclic) bond motifs is 2. The number of H-pyrrole nitrogens is 2. The molecule has 1 aliphatic rings. The molecule has 8 nitrogen and oxygen atoms in total. The third kappa shape index (κ3) is 4.44. The van der Waals surface area contributed by atoms with Gasteiger partial charge in [-0.05, 0) is 48.6 Å². The molecule has 1 fully saturated rings. The van der Waals surface area contributed by atoms with Crippen LogP contribution in [0.25, 0.3) is 33.3 Å². The number of pyridine rings is 1. The van der Waals surface area contributed by atoms with Gasteiger partial charge >= 0.3 is 0 Å². The van der Waals surface area contributed by atoms with Crippen LogP contribution in [0.3, 0.4) is 0 Å². The number of para-hydroxylation sites is 1. The van der Waals surface area contributed by atoms with Crippen molar-refractivity contribution in [3.05, 3.63) is 64.4 Å². The number of rotatable bonds is 5. The summed E-state index contributed by atoms with van der Waals surface area (Å²) >= 11 is 0. The first-order chi connectivity index (χ1) is 15.8. The Bertz CT molecular complexity index is 1480. The molecule has 1 aliphatic heterocycles. The summed E-state index contributed by atoms with van der Waals surface area (Å²) in [6.45, 7) is 4.71. The quantitative estimate of drug-likeness (QED) is 0.472. The Labute approximate surface area is 192 Å². The zero-order valence-electron chi connectivity index (χ0n) is 18.7. The molecule has 1 atom stereocenters. The molecule has 4 aromatic rings. The van der Waals surface area contributed by atoms with E-state index >= 15 is 0 Å². The molecule has 9 heteroatoms. The van der Waals surface area contributed by atoms with Crippen molar-refractivity contribution in [1.29, 1.82) is 0 Å². The first-order valence-corrected chi connectivity index (χ1v) is 12.9. The Kier molecular flexibility index (Phi) is 5.55. The van der Waals surface area contributed by atoms with E-state index < -0.39 is 10.0 Å². The lowest BCUT2D eigenvalue weighted by atomic mass is 10.0. The molecule has 1 saturated heterocycles. The fourth-order valence-electron chi connectivity index (χ4n) is 4.58. The molecule has 0 bridgehead atoms. The predicted molar refractivity (Wildman–Crippen MR) is 131 cm³/mol. The van der Waals surface area contributed by atoms with Crippen molar-refractivity contribution in [2.75, 3.05) is 32.4 Å². The van der Waals surface area contributed by atoms with E-state index in [1.807, 2.05) is 36.4 Å². The van der Waals surface area contributed by atoms with Crippen molar-refractivity contribution >= 4 is 32.0 Å². The SMILES string of the molecule is CC(Cc1ccc2nc(-c3cc4ccccc4[nH]c3=O)[nH]c2c1)N1CCN(S(C)(=O)=O)CC1. The van der Waals surface area contributed by atoms with Crippen molar-refractivity contribution in [2.24, 2.45) is 0 Å². The van der Waals surface area contributed by atoms with Crippen molar-refractivity contribution in [3.63, 3.8) is 0 Å². The van der Waals surface area contributed by atoms with Crippen LogP contribution < -0.4 is 5.56 Å². The van der Waals surface area contributed by atoms with Gasteiger partial charge in [-0.15, -0.1) is 0 Å². The fraction of sp³-hybridized carbons (Fsp3) is 0.333. The Hall–Kier alpha value is -3.01. The van der Waals surface area contributed by atoms with E-state index in [1.54, 1.807) is 4.31 Å². The van der Waals surface area contributed by atoms with Crippen LogP contribution in [-0.4, -0.2) is 71.1 Å². The molecule has 0 aliphatic carbocycles. The molecule has 0 spiro atoms. The van der Waals surface area contributed by atoms with Crippen LogP contribution in [0.4, 0.5) is 0 Å². The largest absolute Gasteiger partial charge is 0.338 e. The number of aromatic nitrogens is 3. The third-order valence-corrected chi connectivity index (χ3v) is 7.75. The number of piperazine rings is 1. The van der Waals surface area contributed by atoms with Gasteiger partial charge < -0.3 is 9.97 Å². The molecule has 0 radical (unpaired) electrons. The molecule has 0 saturated carbocycles. The normalized spacial score (nSPS) is 17.0. The second-order valence-corrected chi connectivity index (χ2v) is 10.8. The first kappa shape index (κ1) is 21.8. The zero-order valence-corrected chi connectivity index (χ0v) is 19.5. The molecule has 33 heavy (non-hydrogen) atoms. The maximum atomic E-state index is 12.6. The van der Waals surface area contributed by atoms with Gasteiger partial charge in [0, 0.05) is 37.7 Å². The van der Waals surface area contributed by atoms with Gasteiger partial charge in [0.1, 0.15) is 5.82 Å². The summed E-state index contributed by atoms with van der Waals surface area (Å²) in [5.74, 6) is 0.555. The fourth-order valence-corrected chi connectivity index (χ4v) is 5.41. The van der Waals surface area contributed by atoms with Crippen LogP contribution in [-0.2, 0) is 16.4 Å². The summed E-state index contributed by atoms with van der Waals surface area (Å²) in [5.41, 5.74) is 4.03. The standard InChI is InChI=1S/C24H27N5O3S/c1-16(28-9-11-29(12-10-28)33(2,31)32)13-17-7-8-21-22(14-17)26-23(25-21)19-15-18-5-3-4-6-20(18)27-24(19)30/h3-8,14-16H,9-13H2,1-2H3,(H,25,26)(H,27,30). The monoisotopic (exact) mass is 465 g/mol. The van der Waals surface area contributed by atoms with E-state index in [9.17, 15) is 13.2 Å². The molecular formula is C24H27N5O3S. The number of nitrogens with zero attached hydrogens (tertiary/aromatic N) is 3. The van der Waals surface area contributed by atoms with Crippen molar-refractivity contribution in [2.45, 2.75) is 19.4 Å². The van der Waals surface area contributed by atoms with Gasteiger partial charge in [0.15, 0.2) is 0 Å². The average Bonchev–Trinajstić information content (AvgIpc) is 3.21. The second kappa shape index (κ2) is 8.40. The van der Waals surface area contributed by atoms with E-state index in [4.69, 9.17) is 0 Å². The van der Waals surface area contributed by atoms with Crippen LogP contribution >= 0.6 is 0 Å². The number of imidazole rings is 1. The third-order valence-electron chi connectivity index (χ3n) is 6.45. The molecular weight excluding hydrogens is 438 g/mol. The molecule has 3 heterocycles. The number of hydrogen-bond donors (Lipinski definition) is 2. The maximum Gasteiger partial charge on any atom is 0.259 e. The van der Waals surface area contributed by atoms with Crippen LogP contribution in [0.2, 0.25) is 0 Å². The van der Waals surface area contributed by atoms with Crippen LogP contribution in [0, 0.1) is 0 Å². The van der Waals surface area contributed by atoms with E-state index in [-0.39, 0.29) is 11.6 Å². The summed E-state index contributed by atoms with van der Waals surface area (Å²) in [6, 6.07) is 16.0. The molecule has 0 amide bonds. The van der Waals surface area contributed by atoms with E-state index in [2.05, 4.69) is 38.9 Å². The van der Waals surface area contributed by atoms with Crippen molar-refractivity contribution < 1.29 is 8.42 Å². The molecule has 172 valence electrons. The van der Waals surface area contributed by atoms with Crippen molar-refractivity contribution in [3.8, 4) is 11.4 Å². The summed E-state index contributed by atoms with van der Waals surface area (Å²) < 4.78 is 25.0. The Morgan fingerprint density at radius 3 is 2.52 bits per heavy atom. The zero-order chi connectivity index (χ0) is 23.2. The highest BCUT2D eigenvalue weighted by Crippen LogP contribution is 2.22. The van der Waals surface area contributed by atoms with Gasteiger partial charge in [0.2, 0.25) is 10.0 Å². The summed E-state index contributed by atoms with van der Waals surface area (Å²) in [6.07, 6.45) is 2.12. The van der Waals surface area contributed by atoms with Crippen molar-refractivity contribution in [1.82, 2.24) is 24.2 Å². The Morgan fingerprint density at radius 2 is 1.76 bits per heavy atom. The van der Waals surface area contributed by atoms with Gasteiger partial charge in [-0.25, -0.2) is 13.4 Å². The maximum absolute atomic E-state index is 12.6.